The average molecular weight is 286 g/mol. The topological polar surface area (TPSA) is 34.1 Å². The number of Topliss-reactive ketones (excluding diaryl/α,β-unsaturated/α-hetero) is 2. The Balaban J connectivity index is 1.71. The first kappa shape index (κ1) is 13.7. The van der Waals surface area contributed by atoms with Gasteiger partial charge in [0, 0.05) is 24.7 Å². The second kappa shape index (κ2) is 4.30. The Kier molecular flexibility index (Phi) is 2.81. The van der Waals surface area contributed by atoms with Gasteiger partial charge in [0.15, 0.2) is 0 Å². The molecule has 3 saturated carbocycles. The molecule has 4 aliphatic rings. The Bertz CT molecular complexity index is 546. The van der Waals surface area contributed by atoms with Crippen molar-refractivity contribution in [3.63, 3.8) is 0 Å². The molecule has 0 amide bonds. The maximum atomic E-state index is 12.4. The molecular formula is C19H26O2. The third kappa shape index (κ3) is 1.71. The monoisotopic (exact) mass is 286 g/mol. The van der Waals surface area contributed by atoms with E-state index in [9.17, 15) is 9.59 Å². The smallest absolute Gasteiger partial charge is 0.139 e. The minimum Gasteiger partial charge on any atom is -0.299 e. The van der Waals surface area contributed by atoms with Crippen LogP contribution >= 0.6 is 0 Å². The molecule has 0 spiro atoms. The summed E-state index contributed by atoms with van der Waals surface area (Å²) in [6, 6.07) is 0. The molecule has 0 aromatic heterocycles. The van der Waals surface area contributed by atoms with E-state index in [-0.39, 0.29) is 10.8 Å². The van der Waals surface area contributed by atoms with Crippen molar-refractivity contribution in [1.29, 1.82) is 0 Å². The molecule has 5 atom stereocenters. The Labute approximate surface area is 127 Å². The molecule has 0 unspecified atom stereocenters. The highest BCUT2D eigenvalue weighted by atomic mass is 16.1. The van der Waals surface area contributed by atoms with Crippen molar-refractivity contribution >= 4 is 11.6 Å². The van der Waals surface area contributed by atoms with Crippen LogP contribution in [0, 0.1) is 28.6 Å². The van der Waals surface area contributed by atoms with Crippen molar-refractivity contribution in [3.05, 3.63) is 11.6 Å². The van der Waals surface area contributed by atoms with E-state index in [4.69, 9.17) is 0 Å². The van der Waals surface area contributed by atoms with Crippen LogP contribution in [0.2, 0.25) is 0 Å². The quantitative estimate of drug-likeness (QED) is 0.629. The molecule has 0 aromatic carbocycles. The van der Waals surface area contributed by atoms with E-state index in [1.807, 2.05) is 0 Å². The van der Waals surface area contributed by atoms with Crippen LogP contribution < -0.4 is 0 Å². The average Bonchev–Trinajstić information content (AvgIpc) is 2.76. The second-order valence-electron chi connectivity index (χ2n) is 8.39. The van der Waals surface area contributed by atoms with Crippen molar-refractivity contribution in [2.24, 2.45) is 28.6 Å². The Morgan fingerprint density at radius 2 is 1.76 bits per heavy atom. The number of fused-ring (bicyclic) bond motifs is 5. The highest BCUT2D eigenvalue weighted by Crippen LogP contribution is 2.63. The largest absolute Gasteiger partial charge is 0.299 e. The van der Waals surface area contributed by atoms with Crippen LogP contribution in [-0.2, 0) is 9.59 Å². The number of carbonyl (C=O) groups excluding carboxylic acids is 2. The normalized spacial score (nSPS) is 49.2. The van der Waals surface area contributed by atoms with Crippen molar-refractivity contribution in [3.8, 4) is 0 Å². The third-order valence-electron chi connectivity index (χ3n) is 7.65. The van der Waals surface area contributed by atoms with E-state index in [1.165, 1.54) is 12.0 Å². The van der Waals surface area contributed by atoms with E-state index < -0.39 is 0 Å². The lowest BCUT2D eigenvalue weighted by Gasteiger charge is -2.56. The van der Waals surface area contributed by atoms with Crippen molar-refractivity contribution < 1.29 is 9.59 Å². The zero-order valence-electron chi connectivity index (χ0n) is 13.3. The van der Waals surface area contributed by atoms with Gasteiger partial charge in [-0.05, 0) is 55.3 Å². The molecule has 4 rings (SSSR count). The number of carbonyl (C=O) groups is 2. The van der Waals surface area contributed by atoms with Crippen LogP contribution in [0.1, 0.15) is 65.2 Å². The lowest BCUT2D eigenvalue weighted by atomic mass is 9.48. The van der Waals surface area contributed by atoms with E-state index in [0.29, 0.717) is 35.7 Å². The number of hydrogen-bond acceptors (Lipinski definition) is 2. The Morgan fingerprint density at radius 1 is 1.00 bits per heavy atom. The van der Waals surface area contributed by atoms with Crippen LogP contribution in [0.5, 0.6) is 0 Å². The molecule has 21 heavy (non-hydrogen) atoms. The number of ketones is 2. The van der Waals surface area contributed by atoms with Crippen molar-refractivity contribution in [1.82, 2.24) is 0 Å². The summed E-state index contributed by atoms with van der Waals surface area (Å²) in [6.07, 6.45) is 10.2. The third-order valence-corrected chi connectivity index (χ3v) is 7.65. The van der Waals surface area contributed by atoms with E-state index in [0.717, 1.165) is 38.5 Å². The first-order valence-corrected chi connectivity index (χ1v) is 8.70. The van der Waals surface area contributed by atoms with Gasteiger partial charge in [-0.1, -0.05) is 25.5 Å². The summed E-state index contributed by atoms with van der Waals surface area (Å²) in [5.74, 6) is 2.92. The van der Waals surface area contributed by atoms with Crippen LogP contribution in [0.4, 0.5) is 0 Å². The summed E-state index contributed by atoms with van der Waals surface area (Å²) < 4.78 is 0. The minimum absolute atomic E-state index is 0.0344. The van der Waals surface area contributed by atoms with Gasteiger partial charge in [-0.2, -0.15) is 0 Å². The molecule has 114 valence electrons. The predicted octanol–water partition coefficient (Wildman–Crippen LogP) is 4.09. The SMILES string of the molecule is C[C@@]12CC[C@@H]3[C@H](CC=C4CC(=O)CC[C@@]43C)[C@H]1CCC2=O. The van der Waals surface area contributed by atoms with Gasteiger partial charge in [-0.3, -0.25) is 9.59 Å². The molecule has 4 aliphatic carbocycles. The van der Waals surface area contributed by atoms with Gasteiger partial charge >= 0.3 is 0 Å². The molecule has 0 bridgehead atoms. The molecule has 0 radical (unpaired) electrons. The first-order valence-electron chi connectivity index (χ1n) is 8.70. The molecule has 0 saturated heterocycles. The summed E-state index contributed by atoms with van der Waals surface area (Å²) in [4.78, 5) is 24.2. The highest BCUT2D eigenvalue weighted by Gasteiger charge is 2.58. The molecule has 0 N–H and O–H groups in total. The second-order valence-corrected chi connectivity index (χ2v) is 8.39. The molecule has 3 fully saturated rings. The fourth-order valence-electron chi connectivity index (χ4n) is 6.25. The van der Waals surface area contributed by atoms with Crippen LogP contribution in [0.15, 0.2) is 11.6 Å². The molecule has 0 heterocycles. The van der Waals surface area contributed by atoms with E-state index >= 15 is 0 Å². The summed E-state index contributed by atoms with van der Waals surface area (Å²) in [6.45, 7) is 4.64. The standard InChI is InChI=1S/C19H26O2/c1-18-9-7-13(20)11-12(18)3-4-14-15-5-6-17(21)19(15,2)10-8-16(14)18/h3,14-16H,4-11H2,1-2H3/t14-,15-,16-,18+,19-/m1/s1. The van der Waals surface area contributed by atoms with Crippen LogP contribution in [0.3, 0.4) is 0 Å². The fraction of sp³-hybridized carbons (Fsp3) is 0.789. The van der Waals surface area contributed by atoms with Crippen LogP contribution in [-0.4, -0.2) is 11.6 Å². The lowest BCUT2D eigenvalue weighted by Crippen LogP contribution is -2.50. The molecular weight excluding hydrogens is 260 g/mol. The van der Waals surface area contributed by atoms with Gasteiger partial charge < -0.3 is 0 Å². The minimum atomic E-state index is -0.0344. The van der Waals surface area contributed by atoms with Gasteiger partial charge in [0.05, 0.1) is 0 Å². The zero-order chi connectivity index (χ0) is 14.8. The van der Waals surface area contributed by atoms with Gasteiger partial charge in [0.2, 0.25) is 0 Å². The highest BCUT2D eigenvalue weighted by molar-refractivity contribution is 5.87. The summed E-state index contributed by atoms with van der Waals surface area (Å²) in [5, 5.41) is 0. The van der Waals surface area contributed by atoms with Gasteiger partial charge in [-0.15, -0.1) is 0 Å². The van der Waals surface area contributed by atoms with Crippen molar-refractivity contribution in [2.75, 3.05) is 0 Å². The number of hydrogen-bond donors (Lipinski definition) is 0. The predicted molar refractivity (Wildman–Crippen MR) is 81.7 cm³/mol. The summed E-state index contributed by atoms with van der Waals surface area (Å²) in [7, 11) is 0. The van der Waals surface area contributed by atoms with Gasteiger partial charge in [0.25, 0.3) is 0 Å². The Hall–Kier alpha value is -0.920. The Morgan fingerprint density at radius 3 is 2.57 bits per heavy atom. The number of rotatable bonds is 0. The maximum absolute atomic E-state index is 12.4. The molecule has 0 aliphatic heterocycles. The fourth-order valence-corrected chi connectivity index (χ4v) is 6.25. The summed E-state index contributed by atoms with van der Waals surface area (Å²) in [5.41, 5.74) is 1.63. The van der Waals surface area contributed by atoms with E-state index in [1.54, 1.807) is 0 Å². The van der Waals surface area contributed by atoms with Gasteiger partial charge in [-0.25, -0.2) is 0 Å². The first-order chi connectivity index (χ1) is 9.95. The maximum Gasteiger partial charge on any atom is 0.139 e. The molecule has 0 aromatic rings. The lowest BCUT2D eigenvalue weighted by molar-refractivity contribution is -0.132. The van der Waals surface area contributed by atoms with Crippen molar-refractivity contribution in [2.45, 2.75) is 65.2 Å². The molecule has 2 nitrogen and oxygen atoms in total. The number of allylic oxidation sites excluding steroid dienone is 2. The van der Waals surface area contributed by atoms with Crippen LogP contribution in [0.25, 0.3) is 0 Å². The molecule has 2 heteroatoms. The zero-order valence-corrected chi connectivity index (χ0v) is 13.3. The van der Waals surface area contributed by atoms with E-state index in [2.05, 4.69) is 19.9 Å². The summed E-state index contributed by atoms with van der Waals surface area (Å²) >= 11 is 0. The van der Waals surface area contributed by atoms with Gasteiger partial charge in [0.1, 0.15) is 11.6 Å².